The number of benzene rings is 1. The van der Waals surface area contributed by atoms with Gasteiger partial charge in [0.1, 0.15) is 0 Å². The lowest BCUT2D eigenvalue weighted by atomic mass is 10.2. The Bertz CT molecular complexity index is 789. The van der Waals surface area contributed by atoms with Crippen LogP contribution in [-0.4, -0.2) is 29.0 Å². The van der Waals surface area contributed by atoms with Crippen LogP contribution in [0.1, 0.15) is 59.4 Å². The first-order chi connectivity index (χ1) is 13.0. The third-order valence-corrected chi connectivity index (χ3v) is 5.36. The van der Waals surface area contributed by atoms with Gasteiger partial charge in [-0.25, -0.2) is 0 Å². The molecule has 2 N–H and O–H groups in total. The second-order valence-electron chi connectivity index (χ2n) is 7.41. The van der Waals surface area contributed by atoms with E-state index in [0.717, 1.165) is 30.8 Å². The number of aryl methyl sites for hydroxylation is 1. The van der Waals surface area contributed by atoms with Crippen LogP contribution in [0.2, 0.25) is 0 Å². The first-order valence-electron chi connectivity index (χ1n) is 9.83. The lowest BCUT2D eigenvalue weighted by molar-refractivity contribution is -0.121. The van der Waals surface area contributed by atoms with Crippen LogP contribution in [0.4, 0.5) is 0 Å². The average Bonchev–Trinajstić information content (AvgIpc) is 3.26. The zero-order valence-corrected chi connectivity index (χ0v) is 16.3. The van der Waals surface area contributed by atoms with Crippen molar-refractivity contribution in [3.05, 3.63) is 58.9 Å². The van der Waals surface area contributed by atoms with Crippen LogP contribution in [0.15, 0.2) is 36.4 Å². The molecule has 1 aromatic carbocycles. The number of rotatable bonds is 7. The fourth-order valence-corrected chi connectivity index (χ4v) is 3.80. The predicted octanol–water partition coefficient (Wildman–Crippen LogP) is 3.33. The molecular formula is C22H29N3O2. The van der Waals surface area contributed by atoms with Crippen LogP contribution < -0.4 is 10.6 Å². The van der Waals surface area contributed by atoms with Crippen LogP contribution in [0.25, 0.3) is 0 Å². The van der Waals surface area contributed by atoms with E-state index < -0.39 is 0 Å². The van der Waals surface area contributed by atoms with Gasteiger partial charge < -0.3 is 15.2 Å². The molecule has 1 aliphatic carbocycles. The van der Waals surface area contributed by atoms with Gasteiger partial charge >= 0.3 is 0 Å². The van der Waals surface area contributed by atoms with Crippen LogP contribution in [0.3, 0.4) is 0 Å². The van der Waals surface area contributed by atoms with Crippen molar-refractivity contribution in [3.8, 4) is 0 Å². The van der Waals surface area contributed by atoms with Crippen molar-refractivity contribution in [1.82, 2.24) is 15.2 Å². The minimum atomic E-state index is -0.115. The van der Waals surface area contributed by atoms with E-state index in [4.69, 9.17) is 0 Å². The molecule has 2 aromatic rings. The third-order valence-electron chi connectivity index (χ3n) is 5.36. The number of aromatic nitrogens is 1. The maximum Gasteiger partial charge on any atom is 0.253 e. The van der Waals surface area contributed by atoms with Crippen molar-refractivity contribution in [3.63, 3.8) is 0 Å². The summed E-state index contributed by atoms with van der Waals surface area (Å²) in [6, 6.07) is 12.5. The van der Waals surface area contributed by atoms with Crippen molar-refractivity contribution in [1.29, 1.82) is 0 Å². The number of hydrogen-bond donors (Lipinski definition) is 2. The molecule has 1 fully saturated rings. The van der Waals surface area contributed by atoms with Gasteiger partial charge in [-0.15, -0.1) is 0 Å². The summed E-state index contributed by atoms with van der Waals surface area (Å²) in [5.74, 6) is -0.0900. The van der Waals surface area contributed by atoms with Crippen molar-refractivity contribution >= 4 is 11.8 Å². The highest BCUT2D eigenvalue weighted by Gasteiger charge is 2.18. The molecule has 1 aromatic heterocycles. The Balaban J connectivity index is 1.53. The van der Waals surface area contributed by atoms with E-state index in [1.807, 2.05) is 38.1 Å². The molecule has 0 unspecified atom stereocenters. The summed E-state index contributed by atoms with van der Waals surface area (Å²) in [5.41, 5.74) is 3.89. The third kappa shape index (κ3) is 5.00. The van der Waals surface area contributed by atoms with Crippen LogP contribution >= 0.6 is 0 Å². The lowest BCUT2D eigenvalue weighted by Gasteiger charge is -2.12. The number of nitrogens with one attached hydrogen (secondary N) is 2. The molecule has 27 heavy (non-hydrogen) atoms. The minimum absolute atomic E-state index is 0.0248. The minimum Gasteiger partial charge on any atom is -0.353 e. The standard InChI is InChI=1S/C22H29N3O2/c1-16-14-20(17(2)25(16)15-18-8-4-3-5-9-18)22(27)23-13-12-21(26)24-19-10-6-7-11-19/h3-5,8-9,14,19H,6-7,10-13,15H2,1-2H3,(H,23,27)(H,24,26). The molecule has 0 saturated heterocycles. The van der Waals surface area contributed by atoms with Gasteiger partial charge in [0, 0.05) is 36.9 Å². The SMILES string of the molecule is Cc1cc(C(=O)NCCC(=O)NC2CCCC2)c(C)n1Cc1ccccc1. The van der Waals surface area contributed by atoms with Gasteiger partial charge in [-0.05, 0) is 38.3 Å². The quantitative estimate of drug-likeness (QED) is 0.788. The van der Waals surface area contributed by atoms with Gasteiger partial charge in [-0.2, -0.15) is 0 Å². The van der Waals surface area contributed by atoms with Crippen molar-refractivity contribution in [2.45, 2.75) is 58.5 Å². The van der Waals surface area contributed by atoms with E-state index >= 15 is 0 Å². The Morgan fingerprint density at radius 1 is 1.11 bits per heavy atom. The predicted molar refractivity (Wildman–Crippen MR) is 107 cm³/mol. The second-order valence-corrected chi connectivity index (χ2v) is 7.41. The van der Waals surface area contributed by atoms with Gasteiger partial charge in [0.05, 0.1) is 5.56 Å². The van der Waals surface area contributed by atoms with Crippen molar-refractivity contribution < 1.29 is 9.59 Å². The molecule has 0 bridgehead atoms. The van der Waals surface area contributed by atoms with Gasteiger partial charge in [0.2, 0.25) is 5.91 Å². The Hall–Kier alpha value is -2.56. The fraction of sp³-hybridized carbons (Fsp3) is 0.455. The first kappa shape index (κ1) is 19.2. The highest BCUT2D eigenvalue weighted by atomic mass is 16.2. The van der Waals surface area contributed by atoms with Crippen LogP contribution in [-0.2, 0) is 11.3 Å². The molecule has 2 amide bonds. The van der Waals surface area contributed by atoms with Gasteiger partial charge in [-0.3, -0.25) is 9.59 Å². The largest absolute Gasteiger partial charge is 0.353 e. The topological polar surface area (TPSA) is 63.1 Å². The van der Waals surface area contributed by atoms with Gasteiger partial charge in [0.25, 0.3) is 5.91 Å². The monoisotopic (exact) mass is 367 g/mol. The van der Waals surface area contributed by atoms with E-state index in [-0.39, 0.29) is 11.8 Å². The molecule has 0 spiro atoms. The van der Waals surface area contributed by atoms with Gasteiger partial charge in [0.15, 0.2) is 0 Å². The molecule has 1 heterocycles. The number of hydrogen-bond acceptors (Lipinski definition) is 2. The summed E-state index contributed by atoms with van der Waals surface area (Å²) in [6.45, 7) is 5.09. The molecule has 0 aliphatic heterocycles. The molecule has 5 nitrogen and oxygen atoms in total. The average molecular weight is 367 g/mol. The summed E-state index contributed by atoms with van der Waals surface area (Å²) < 4.78 is 2.15. The molecule has 3 rings (SSSR count). The Labute approximate surface area is 161 Å². The zero-order chi connectivity index (χ0) is 19.2. The summed E-state index contributed by atoms with van der Waals surface area (Å²) in [4.78, 5) is 24.5. The Morgan fingerprint density at radius 2 is 1.81 bits per heavy atom. The summed E-state index contributed by atoms with van der Waals surface area (Å²) in [5, 5.41) is 5.94. The van der Waals surface area contributed by atoms with Crippen molar-refractivity contribution in [2.24, 2.45) is 0 Å². The molecule has 0 atom stereocenters. The zero-order valence-electron chi connectivity index (χ0n) is 16.3. The normalized spacial score (nSPS) is 14.3. The molecule has 0 radical (unpaired) electrons. The first-order valence-corrected chi connectivity index (χ1v) is 9.83. The Morgan fingerprint density at radius 3 is 2.52 bits per heavy atom. The van der Waals surface area contributed by atoms with E-state index in [9.17, 15) is 9.59 Å². The molecule has 1 aliphatic rings. The molecule has 144 valence electrons. The number of carbonyl (C=O) groups excluding carboxylic acids is 2. The van der Waals surface area contributed by atoms with Crippen LogP contribution in [0, 0.1) is 13.8 Å². The highest BCUT2D eigenvalue weighted by Crippen LogP contribution is 2.18. The second kappa shape index (κ2) is 8.89. The van der Waals surface area contributed by atoms with Crippen molar-refractivity contribution in [2.75, 3.05) is 6.54 Å². The lowest BCUT2D eigenvalue weighted by Crippen LogP contribution is -2.35. The van der Waals surface area contributed by atoms with Gasteiger partial charge in [-0.1, -0.05) is 43.2 Å². The maximum atomic E-state index is 12.6. The highest BCUT2D eigenvalue weighted by molar-refractivity contribution is 5.96. The number of amides is 2. The molecule has 1 saturated carbocycles. The maximum absolute atomic E-state index is 12.6. The summed E-state index contributed by atoms with van der Waals surface area (Å²) >= 11 is 0. The number of carbonyl (C=O) groups is 2. The summed E-state index contributed by atoms with van der Waals surface area (Å²) in [6.07, 6.45) is 4.86. The smallest absolute Gasteiger partial charge is 0.253 e. The Kier molecular flexibility index (Phi) is 6.32. The molecular weight excluding hydrogens is 338 g/mol. The summed E-state index contributed by atoms with van der Waals surface area (Å²) in [7, 11) is 0. The van der Waals surface area contributed by atoms with E-state index in [0.29, 0.717) is 24.6 Å². The number of nitrogens with zero attached hydrogens (tertiary/aromatic N) is 1. The fourth-order valence-electron chi connectivity index (χ4n) is 3.80. The molecule has 5 heteroatoms. The van der Waals surface area contributed by atoms with E-state index in [1.165, 1.54) is 18.4 Å². The van der Waals surface area contributed by atoms with E-state index in [1.54, 1.807) is 0 Å². The van der Waals surface area contributed by atoms with Crippen LogP contribution in [0.5, 0.6) is 0 Å². The van der Waals surface area contributed by atoms with E-state index in [2.05, 4.69) is 27.3 Å².